The highest BCUT2D eigenvalue weighted by Crippen LogP contribution is 2.33. The first-order valence-corrected chi connectivity index (χ1v) is 8.04. The summed E-state index contributed by atoms with van der Waals surface area (Å²) in [7, 11) is 0. The number of hydrogen-bond acceptors (Lipinski definition) is 4. The number of anilines is 1. The summed E-state index contributed by atoms with van der Waals surface area (Å²) in [5, 5.41) is 18.8. The fourth-order valence-electron chi connectivity index (χ4n) is 3.16. The number of nitrogens with zero attached hydrogens (tertiary/aromatic N) is 3. The van der Waals surface area contributed by atoms with Crippen LogP contribution in [0.5, 0.6) is 0 Å². The molecule has 2 rings (SSSR count). The first-order valence-electron chi connectivity index (χ1n) is 8.04. The molecule has 2 atom stereocenters. The first kappa shape index (κ1) is 18.6. The standard InChI is InChI=1S/C17H22F3N3O/c1-3-15-11-23(7-6-22(15)10-12(2)24)16-5-4-14(17(18,19)20)8-13(16)9-21/h4-5,8,12,15,24H,3,6-7,10-11H2,1-2H3. The van der Waals surface area contributed by atoms with Crippen LogP contribution in [0.3, 0.4) is 0 Å². The summed E-state index contributed by atoms with van der Waals surface area (Å²) in [5.41, 5.74) is -0.216. The zero-order chi connectivity index (χ0) is 17.9. The van der Waals surface area contributed by atoms with Crippen LogP contribution >= 0.6 is 0 Å². The van der Waals surface area contributed by atoms with Crippen molar-refractivity contribution in [1.82, 2.24) is 4.90 Å². The molecule has 0 spiro atoms. The minimum absolute atomic E-state index is 0.0451. The molecule has 1 fully saturated rings. The molecule has 4 nitrogen and oxygen atoms in total. The maximum atomic E-state index is 12.8. The van der Waals surface area contributed by atoms with Gasteiger partial charge in [-0.15, -0.1) is 0 Å². The van der Waals surface area contributed by atoms with Crippen molar-refractivity contribution in [2.24, 2.45) is 0 Å². The number of benzene rings is 1. The number of halogens is 3. The molecule has 1 aromatic carbocycles. The number of piperazine rings is 1. The molecular formula is C17H22F3N3O. The molecule has 0 saturated carbocycles. The van der Waals surface area contributed by atoms with Crippen LogP contribution in [-0.4, -0.2) is 48.3 Å². The van der Waals surface area contributed by atoms with Crippen molar-refractivity contribution in [2.75, 3.05) is 31.1 Å². The number of β-amino-alcohol motifs (C(OH)–C–C–N with tert-alkyl or cyclic N) is 1. The fourth-order valence-corrected chi connectivity index (χ4v) is 3.16. The van der Waals surface area contributed by atoms with Gasteiger partial charge in [0.25, 0.3) is 0 Å². The van der Waals surface area contributed by atoms with Crippen LogP contribution in [-0.2, 0) is 6.18 Å². The van der Waals surface area contributed by atoms with E-state index in [-0.39, 0.29) is 11.6 Å². The molecule has 1 aromatic rings. The van der Waals surface area contributed by atoms with Gasteiger partial charge in [-0.3, -0.25) is 4.90 Å². The van der Waals surface area contributed by atoms with Gasteiger partial charge in [-0.1, -0.05) is 6.92 Å². The van der Waals surface area contributed by atoms with Crippen molar-refractivity contribution in [3.8, 4) is 6.07 Å². The summed E-state index contributed by atoms with van der Waals surface area (Å²) in [6.07, 6.45) is -4.01. The summed E-state index contributed by atoms with van der Waals surface area (Å²) in [5.74, 6) is 0. The van der Waals surface area contributed by atoms with E-state index in [9.17, 15) is 23.5 Å². The summed E-state index contributed by atoms with van der Waals surface area (Å²) in [6, 6.07) is 5.41. The number of aliphatic hydroxyl groups excluding tert-OH is 1. The predicted molar refractivity (Wildman–Crippen MR) is 85.7 cm³/mol. The largest absolute Gasteiger partial charge is 0.416 e. The Morgan fingerprint density at radius 1 is 1.38 bits per heavy atom. The van der Waals surface area contributed by atoms with Gasteiger partial charge in [0.1, 0.15) is 6.07 Å². The van der Waals surface area contributed by atoms with Crippen LogP contribution in [0.25, 0.3) is 0 Å². The van der Waals surface area contributed by atoms with Gasteiger partial charge in [0, 0.05) is 32.2 Å². The van der Waals surface area contributed by atoms with E-state index in [1.54, 1.807) is 6.92 Å². The minimum Gasteiger partial charge on any atom is -0.392 e. The maximum Gasteiger partial charge on any atom is 0.416 e. The molecule has 0 bridgehead atoms. The van der Waals surface area contributed by atoms with E-state index in [4.69, 9.17) is 0 Å². The number of nitriles is 1. The Morgan fingerprint density at radius 3 is 2.62 bits per heavy atom. The van der Waals surface area contributed by atoms with Crippen molar-refractivity contribution < 1.29 is 18.3 Å². The molecule has 1 heterocycles. The van der Waals surface area contributed by atoms with Gasteiger partial charge in [0.2, 0.25) is 0 Å². The normalized spacial score (nSPS) is 20.7. The quantitative estimate of drug-likeness (QED) is 0.915. The molecule has 1 saturated heterocycles. The molecule has 1 aliphatic rings. The second-order valence-corrected chi connectivity index (χ2v) is 6.19. The van der Waals surface area contributed by atoms with Crippen molar-refractivity contribution in [2.45, 2.75) is 38.6 Å². The molecule has 7 heteroatoms. The Kier molecular flexibility index (Phi) is 5.73. The summed E-state index contributed by atoms with van der Waals surface area (Å²) < 4.78 is 38.4. The second kappa shape index (κ2) is 7.41. The monoisotopic (exact) mass is 341 g/mol. The Labute approximate surface area is 140 Å². The van der Waals surface area contributed by atoms with Gasteiger partial charge in [0.05, 0.1) is 22.9 Å². The molecule has 0 amide bonds. The van der Waals surface area contributed by atoms with E-state index in [1.807, 2.05) is 17.9 Å². The van der Waals surface area contributed by atoms with Crippen molar-refractivity contribution in [3.05, 3.63) is 29.3 Å². The number of hydrogen-bond donors (Lipinski definition) is 1. The van der Waals surface area contributed by atoms with E-state index in [2.05, 4.69) is 4.90 Å². The minimum atomic E-state index is -4.45. The van der Waals surface area contributed by atoms with Gasteiger partial charge < -0.3 is 10.0 Å². The zero-order valence-corrected chi connectivity index (χ0v) is 13.8. The van der Waals surface area contributed by atoms with E-state index in [0.29, 0.717) is 31.9 Å². The zero-order valence-electron chi connectivity index (χ0n) is 13.8. The third-order valence-corrected chi connectivity index (χ3v) is 4.36. The van der Waals surface area contributed by atoms with Gasteiger partial charge in [-0.2, -0.15) is 18.4 Å². The van der Waals surface area contributed by atoms with E-state index < -0.39 is 17.8 Å². The molecule has 24 heavy (non-hydrogen) atoms. The van der Waals surface area contributed by atoms with E-state index in [0.717, 1.165) is 18.6 Å². The number of aliphatic hydroxyl groups is 1. The molecule has 2 unspecified atom stereocenters. The maximum absolute atomic E-state index is 12.8. The molecular weight excluding hydrogens is 319 g/mol. The lowest BCUT2D eigenvalue weighted by atomic mass is 10.0. The summed E-state index contributed by atoms with van der Waals surface area (Å²) >= 11 is 0. The van der Waals surface area contributed by atoms with Crippen LogP contribution in [0.1, 0.15) is 31.4 Å². The van der Waals surface area contributed by atoms with Crippen LogP contribution in [0.15, 0.2) is 18.2 Å². The lowest BCUT2D eigenvalue weighted by Crippen LogP contribution is -2.54. The molecule has 1 N–H and O–H groups in total. The lowest BCUT2D eigenvalue weighted by Gasteiger charge is -2.43. The third-order valence-electron chi connectivity index (χ3n) is 4.36. The summed E-state index contributed by atoms with van der Waals surface area (Å²) in [4.78, 5) is 4.16. The highest BCUT2D eigenvalue weighted by molar-refractivity contribution is 5.61. The Hall–Kier alpha value is -1.78. The molecule has 0 aliphatic carbocycles. The summed E-state index contributed by atoms with van der Waals surface area (Å²) in [6.45, 7) is 6.30. The van der Waals surface area contributed by atoms with Crippen LogP contribution in [0.2, 0.25) is 0 Å². The predicted octanol–water partition coefficient (Wildman–Crippen LogP) is 2.86. The highest BCUT2D eigenvalue weighted by atomic mass is 19.4. The van der Waals surface area contributed by atoms with Gasteiger partial charge >= 0.3 is 6.18 Å². The second-order valence-electron chi connectivity index (χ2n) is 6.19. The van der Waals surface area contributed by atoms with Crippen molar-refractivity contribution in [1.29, 1.82) is 5.26 Å². The average Bonchev–Trinajstić information content (AvgIpc) is 2.53. The lowest BCUT2D eigenvalue weighted by molar-refractivity contribution is -0.137. The van der Waals surface area contributed by atoms with Crippen LogP contribution < -0.4 is 4.90 Å². The number of alkyl halides is 3. The van der Waals surface area contributed by atoms with Gasteiger partial charge in [-0.05, 0) is 31.5 Å². The SMILES string of the molecule is CCC1CN(c2ccc(C(F)(F)F)cc2C#N)CCN1CC(C)O. The molecule has 0 aromatic heterocycles. The topological polar surface area (TPSA) is 50.5 Å². The first-order chi connectivity index (χ1) is 11.3. The number of rotatable bonds is 4. The third kappa shape index (κ3) is 4.19. The molecule has 1 aliphatic heterocycles. The molecule has 0 radical (unpaired) electrons. The smallest absolute Gasteiger partial charge is 0.392 e. The van der Waals surface area contributed by atoms with Gasteiger partial charge in [0.15, 0.2) is 0 Å². The van der Waals surface area contributed by atoms with Crippen molar-refractivity contribution >= 4 is 5.69 Å². The van der Waals surface area contributed by atoms with Crippen LogP contribution in [0.4, 0.5) is 18.9 Å². The van der Waals surface area contributed by atoms with Crippen molar-refractivity contribution in [3.63, 3.8) is 0 Å². The van der Waals surface area contributed by atoms with Crippen LogP contribution in [0, 0.1) is 11.3 Å². The van der Waals surface area contributed by atoms with Gasteiger partial charge in [-0.25, -0.2) is 0 Å². The van der Waals surface area contributed by atoms with E-state index >= 15 is 0 Å². The average molecular weight is 341 g/mol. The Bertz CT molecular complexity index is 610. The fraction of sp³-hybridized carbons (Fsp3) is 0.588. The Morgan fingerprint density at radius 2 is 2.08 bits per heavy atom. The highest BCUT2D eigenvalue weighted by Gasteiger charge is 2.32. The molecule has 132 valence electrons. The van der Waals surface area contributed by atoms with E-state index in [1.165, 1.54) is 6.07 Å². The Balaban J connectivity index is 2.22.